The van der Waals surface area contributed by atoms with Crippen LogP contribution >= 0.6 is 11.8 Å². The number of amides is 1. The number of hydrogen-bond donors (Lipinski definition) is 0. The third kappa shape index (κ3) is 2.90. The van der Waals surface area contributed by atoms with Gasteiger partial charge in [-0.1, -0.05) is 18.2 Å². The summed E-state index contributed by atoms with van der Waals surface area (Å²) in [6, 6.07) is 8.69. The van der Waals surface area contributed by atoms with Gasteiger partial charge in [0.15, 0.2) is 0 Å². The molecule has 2 aromatic rings. The highest BCUT2D eigenvalue weighted by molar-refractivity contribution is 8.01. The molecule has 3 heterocycles. The van der Waals surface area contributed by atoms with E-state index in [9.17, 15) is 4.79 Å². The third-order valence-electron chi connectivity index (χ3n) is 4.74. The molecule has 0 bridgehead atoms. The molecule has 2 aliphatic heterocycles. The molecular weight excluding hydrogens is 306 g/mol. The lowest BCUT2D eigenvalue weighted by molar-refractivity contribution is -0.132. The van der Waals surface area contributed by atoms with Crippen LogP contribution in [0.15, 0.2) is 41.6 Å². The number of aryl methyl sites for hydroxylation is 1. The summed E-state index contributed by atoms with van der Waals surface area (Å²) < 4.78 is 2.03. The van der Waals surface area contributed by atoms with Crippen LogP contribution in [0, 0.1) is 6.92 Å². The molecule has 4 nitrogen and oxygen atoms in total. The molecule has 2 atom stereocenters. The predicted octanol–water partition coefficient (Wildman–Crippen LogP) is 3.07. The van der Waals surface area contributed by atoms with Crippen molar-refractivity contribution in [1.82, 2.24) is 14.7 Å². The minimum absolute atomic E-state index is 0.0468. The maximum atomic E-state index is 12.9. The SMILES string of the molecule is Cc1cnn([C@H]2CCCN(C(=O)[C@@H]3Cc4ccccc4S3)C2)c1. The van der Waals surface area contributed by atoms with Crippen molar-refractivity contribution >= 4 is 17.7 Å². The quantitative estimate of drug-likeness (QED) is 0.851. The van der Waals surface area contributed by atoms with Gasteiger partial charge < -0.3 is 4.90 Å². The molecule has 1 amide bonds. The van der Waals surface area contributed by atoms with Crippen LogP contribution in [-0.4, -0.2) is 38.9 Å². The van der Waals surface area contributed by atoms with Crippen LogP contribution in [0.4, 0.5) is 0 Å². The number of benzene rings is 1. The van der Waals surface area contributed by atoms with E-state index < -0.39 is 0 Å². The smallest absolute Gasteiger partial charge is 0.236 e. The molecule has 1 fully saturated rings. The molecular formula is C18H21N3OS. The monoisotopic (exact) mass is 327 g/mol. The molecule has 0 unspecified atom stereocenters. The van der Waals surface area contributed by atoms with Crippen molar-refractivity contribution in [2.24, 2.45) is 0 Å². The summed E-state index contributed by atoms with van der Waals surface area (Å²) in [5, 5.41) is 4.48. The largest absolute Gasteiger partial charge is 0.340 e. The highest BCUT2D eigenvalue weighted by Crippen LogP contribution is 2.38. The number of nitrogens with zero attached hydrogens (tertiary/aromatic N) is 3. The van der Waals surface area contributed by atoms with Crippen LogP contribution < -0.4 is 0 Å². The van der Waals surface area contributed by atoms with Crippen LogP contribution in [0.25, 0.3) is 0 Å². The summed E-state index contributed by atoms with van der Waals surface area (Å²) in [5.74, 6) is 0.291. The average molecular weight is 327 g/mol. The van der Waals surface area contributed by atoms with Gasteiger partial charge in [-0.3, -0.25) is 9.48 Å². The van der Waals surface area contributed by atoms with Crippen molar-refractivity contribution in [3.8, 4) is 0 Å². The fraction of sp³-hybridized carbons (Fsp3) is 0.444. The van der Waals surface area contributed by atoms with Crippen molar-refractivity contribution in [2.75, 3.05) is 13.1 Å². The zero-order valence-corrected chi connectivity index (χ0v) is 14.1. The molecule has 0 N–H and O–H groups in total. The lowest BCUT2D eigenvalue weighted by atomic mass is 10.0. The maximum absolute atomic E-state index is 12.9. The number of rotatable bonds is 2. The number of aromatic nitrogens is 2. The van der Waals surface area contributed by atoms with Gasteiger partial charge in [-0.05, 0) is 43.4 Å². The van der Waals surface area contributed by atoms with E-state index in [1.54, 1.807) is 11.8 Å². The average Bonchev–Trinajstić information content (AvgIpc) is 3.20. The summed E-state index contributed by atoms with van der Waals surface area (Å²) >= 11 is 1.73. The van der Waals surface area contributed by atoms with E-state index in [4.69, 9.17) is 0 Å². The van der Waals surface area contributed by atoms with E-state index >= 15 is 0 Å². The van der Waals surface area contributed by atoms with E-state index in [2.05, 4.69) is 47.4 Å². The second-order valence-corrected chi connectivity index (χ2v) is 7.74. The first-order valence-electron chi connectivity index (χ1n) is 8.25. The number of fused-ring (bicyclic) bond motifs is 1. The van der Waals surface area contributed by atoms with Crippen LogP contribution in [0.1, 0.15) is 30.0 Å². The fourth-order valence-corrected chi connectivity index (χ4v) is 4.81. The predicted molar refractivity (Wildman–Crippen MR) is 91.6 cm³/mol. The summed E-state index contributed by atoms with van der Waals surface area (Å²) in [5.41, 5.74) is 2.49. The molecule has 120 valence electrons. The molecule has 0 saturated carbocycles. The van der Waals surface area contributed by atoms with Crippen LogP contribution in [0.5, 0.6) is 0 Å². The Morgan fingerprint density at radius 1 is 1.35 bits per heavy atom. The number of hydrogen-bond acceptors (Lipinski definition) is 3. The van der Waals surface area contributed by atoms with Crippen LogP contribution in [-0.2, 0) is 11.2 Å². The van der Waals surface area contributed by atoms with Gasteiger partial charge in [-0.25, -0.2) is 0 Å². The Morgan fingerprint density at radius 2 is 2.22 bits per heavy atom. The molecule has 4 rings (SSSR count). The zero-order chi connectivity index (χ0) is 15.8. The lowest BCUT2D eigenvalue weighted by Crippen LogP contribution is -2.44. The number of carbonyl (C=O) groups excluding carboxylic acids is 1. The molecule has 0 spiro atoms. The molecule has 1 aromatic carbocycles. The Kier molecular flexibility index (Phi) is 3.89. The Balaban J connectivity index is 1.45. The van der Waals surface area contributed by atoms with Gasteiger partial charge >= 0.3 is 0 Å². The van der Waals surface area contributed by atoms with Crippen molar-refractivity contribution in [1.29, 1.82) is 0 Å². The molecule has 1 aromatic heterocycles. The van der Waals surface area contributed by atoms with E-state index in [1.807, 2.05) is 10.9 Å². The van der Waals surface area contributed by atoms with Gasteiger partial charge in [-0.2, -0.15) is 5.10 Å². The Bertz CT molecular complexity index is 702. The highest BCUT2D eigenvalue weighted by Gasteiger charge is 2.34. The molecule has 2 aliphatic rings. The maximum Gasteiger partial charge on any atom is 0.236 e. The molecule has 0 aliphatic carbocycles. The Labute approximate surface area is 140 Å². The molecule has 1 saturated heterocycles. The van der Waals surface area contributed by atoms with Crippen molar-refractivity contribution in [3.63, 3.8) is 0 Å². The van der Waals surface area contributed by atoms with Crippen molar-refractivity contribution < 1.29 is 4.79 Å². The van der Waals surface area contributed by atoms with Gasteiger partial charge in [0.25, 0.3) is 0 Å². The van der Waals surface area contributed by atoms with Gasteiger partial charge in [0.1, 0.15) is 0 Å². The normalized spacial score (nSPS) is 23.8. The standard InChI is InChI=1S/C18H21N3OS/c1-13-10-19-21(11-13)15-6-4-8-20(12-15)18(22)17-9-14-5-2-3-7-16(14)23-17/h2-3,5,7,10-11,15,17H,4,6,8-9,12H2,1H3/t15-,17-/m0/s1. The summed E-state index contributed by atoms with van der Waals surface area (Å²) in [4.78, 5) is 16.2. The second kappa shape index (κ2) is 6.04. The molecule has 0 radical (unpaired) electrons. The number of thioether (sulfide) groups is 1. The zero-order valence-electron chi connectivity index (χ0n) is 13.3. The van der Waals surface area contributed by atoms with Gasteiger partial charge in [0.05, 0.1) is 17.5 Å². The minimum Gasteiger partial charge on any atom is -0.340 e. The molecule has 23 heavy (non-hydrogen) atoms. The van der Waals surface area contributed by atoms with E-state index in [0.717, 1.165) is 32.4 Å². The van der Waals surface area contributed by atoms with Crippen molar-refractivity contribution in [2.45, 2.75) is 42.4 Å². The summed E-state index contributed by atoms with van der Waals surface area (Å²) in [6.45, 7) is 3.72. The number of carbonyl (C=O) groups is 1. The summed E-state index contributed by atoms with van der Waals surface area (Å²) in [6.07, 6.45) is 6.99. The first kappa shape index (κ1) is 14.8. The first-order chi connectivity index (χ1) is 11.2. The second-order valence-electron chi connectivity index (χ2n) is 6.50. The Morgan fingerprint density at radius 3 is 3.00 bits per heavy atom. The first-order valence-corrected chi connectivity index (χ1v) is 9.13. The summed E-state index contributed by atoms with van der Waals surface area (Å²) in [7, 11) is 0. The van der Waals surface area contributed by atoms with Crippen LogP contribution in [0.3, 0.4) is 0 Å². The number of likely N-dealkylation sites (tertiary alicyclic amines) is 1. The molecule has 5 heteroatoms. The van der Waals surface area contributed by atoms with Crippen molar-refractivity contribution in [3.05, 3.63) is 47.8 Å². The van der Waals surface area contributed by atoms with E-state index in [0.29, 0.717) is 11.9 Å². The van der Waals surface area contributed by atoms with E-state index in [1.165, 1.54) is 16.0 Å². The Hall–Kier alpha value is -1.75. The van der Waals surface area contributed by atoms with Gasteiger partial charge in [0.2, 0.25) is 5.91 Å². The topological polar surface area (TPSA) is 38.1 Å². The van der Waals surface area contributed by atoms with Crippen LogP contribution in [0.2, 0.25) is 0 Å². The number of piperidine rings is 1. The van der Waals surface area contributed by atoms with Gasteiger partial charge in [-0.15, -0.1) is 11.8 Å². The lowest BCUT2D eigenvalue weighted by Gasteiger charge is -2.34. The minimum atomic E-state index is 0.0468. The van der Waals surface area contributed by atoms with Gasteiger partial charge in [0, 0.05) is 24.2 Å². The third-order valence-corrected chi connectivity index (χ3v) is 6.04. The van der Waals surface area contributed by atoms with E-state index in [-0.39, 0.29) is 5.25 Å². The fourth-order valence-electron chi connectivity index (χ4n) is 3.53. The highest BCUT2D eigenvalue weighted by atomic mass is 32.2.